The fourth-order valence-electron chi connectivity index (χ4n) is 2.83. The van der Waals surface area contributed by atoms with Gasteiger partial charge in [-0.15, -0.1) is 0 Å². The van der Waals surface area contributed by atoms with Gasteiger partial charge >= 0.3 is 5.97 Å². The highest BCUT2D eigenvalue weighted by atomic mass is 32.1. The van der Waals surface area contributed by atoms with Crippen LogP contribution in [0, 0.1) is 5.82 Å². The van der Waals surface area contributed by atoms with Crippen LogP contribution < -0.4 is 4.90 Å². The molecule has 1 aliphatic heterocycles. The van der Waals surface area contributed by atoms with E-state index in [0.717, 1.165) is 24.3 Å². The lowest BCUT2D eigenvalue weighted by molar-refractivity contribution is -0.143. The van der Waals surface area contributed by atoms with Gasteiger partial charge in [-0.25, -0.2) is 4.39 Å². The molecule has 3 rings (SSSR count). The molecule has 0 amide bonds. The highest BCUT2D eigenvalue weighted by Crippen LogP contribution is 2.26. The number of piperazine rings is 1. The van der Waals surface area contributed by atoms with Crippen LogP contribution in [0.1, 0.15) is 11.6 Å². The van der Waals surface area contributed by atoms with Crippen molar-refractivity contribution in [3.63, 3.8) is 0 Å². The second-order valence-electron chi connectivity index (χ2n) is 5.30. The first-order chi connectivity index (χ1) is 10.6. The van der Waals surface area contributed by atoms with Gasteiger partial charge < -0.3 is 10.0 Å². The summed E-state index contributed by atoms with van der Waals surface area (Å²) in [6.07, 6.45) is 0. The van der Waals surface area contributed by atoms with Gasteiger partial charge in [0.2, 0.25) is 0 Å². The fraction of sp³-hybridized carbons (Fsp3) is 0.312. The molecule has 2 aromatic rings. The monoisotopic (exact) mass is 320 g/mol. The lowest BCUT2D eigenvalue weighted by Crippen LogP contribution is -2.49. The molecule has 1 atom stereocenters. The highest BCUT2D eigenvalue weighted by molar-refractivity contribution is 7.08. The van der Waals surface area contributed by atoms with E-state index in [9.17, 15) is 14.3 Å². The van der Waals surface area contributed by atoms with Gasteiger partial charge in [-0.05, 0) is 46.7 Å². The van der Waals surface area contributed by atoms with E-state index >= 15 is 0 Å². The molecule has 4 nitrogen and oxygen atoms in total. The molecule has 22 heavy (non-hydrogen) atoms. The third kappa shape index (κ3) is 3.13. The van der Waals surface area contributed by atoms with Crippen molar-refractivity contribution in [1.29, 1.82) is 0 Å². The summed E-state index contributed by atoms with van der Waals surface area (Å²) in [7, 11) is 0. The summed E-state index contributed by atoms with van der Waals surface area (Å²) in [6, 6.07) is 7.72. The Balaban J connectivity index is 1.68. The number of hydrogen-bond acceptors (Lipinski definition) is 4. The van der Waals surface area contributed by atoms with Gasteiger partial charge in [0.05, 0.1) is 0 Å². The zero-order chi connectivity index (χ0) is 15.5. The van der Waals surface area contributed by atoms with E-state index in [1.165, 1.54) is 23.5 Å². The zero-order valence-corrected chi connectivity index (χ0v) is 12.8. The molecule has 1 unspecified atom stereocenters. The second-order valence-corrected chi connectivity index (χ2v) is 6.08. The SMILES string of the molecule is O=C(O)C(c1ccsc1)N1CCN(c2ccc(F)cc2)CC1. The van der Waals surface area contributed by atoms with Crippen LogP contribution in [0.5, 0.6) is 0 Å². The average Bonchev–Trinajstić information content (AvgIpc) is 3.03. The van der Waals surface area contributed by atoms with Gasteiger partial charge in [0, 0.05) is 31.9 Å². The van der Waals surface area contributed by atoms with E-state index in [4.69, 9.17) is 0 Å². The van der Waals surface area contributed by atoms with Gasteiger partial charge in [0.15, 0.2) is 0 Å². The van der Waals surface area contributed by atoms with Crippen LogP contribution in [0.25, 0.3) is 0 Å². The van der Waals surface area contributed by atoms with Gasteiger partial charge in [0.25, 0.3) is 0 Å². The van der Waals surface area contributed by atoms with Crippen LogP contribution in [-0.4, -0.2) is 42.2 Å². The van der Waals surface area contributed by atoms with E-state index in [0.29, 0.717) is 13.1 Å². The fourth-order valence-corrected chi connectivity index (χ4v) is 3.51. The highest BCUT2D eigenvalue weighted by Gasteiger charge is 2.30. The van der Waals surface area contributed by atoms with Gasteiger partial charge in [0.1, 0.15) is 11.9 Å². The number of benzene rings is 1. The van der Waals surface area contributed by atoms with Gasteiger partial charge in [-0.2, -0.15) is 11.3 Å². The number of thiophene rings is 1. The molecule has 0 saturated carbocycles. The maximum Gasteiger partial charge on any atom is 0.325 e. The first kappa shape index (κ1) is 15.0. The summed E-state index contributed by atoms with van der Waals surface area (Å²) < 4.78 is 13.0. The van der Waals surface area contributed by atoms with Gasteiger partial charge in [-0.1, -0.05) is 0 Å². The number of rotatable bonds is 4. The lowest BCUT2D eigenvalue weighted by atomic mass is 10.1. The van der Waals surface area contributed by atoms with Crippen LogP contribution in [0.3, 0.4) is 0 Å². The number of anilines is 1. The number of carboxylic acid groups (broad SMARTS) is 1. The van der Waals surface area contributed by atoms with Crippen LogP contribution in [-0.2, 0) is 4.79 Å². The molecule has 1 aromatic heterocycles. The van der Waals surface area contributed by atoms with Crippen molar-refractivity contribution in [2.24, 2.45) is 0 Å². The van der Waals surface area contributed by atoms with Crippen LogP contribution in [0.4, 0.5) is 10.1 Å². The molecular weight excluding hydrogens is 303 g/mol. The normalized spacial score (nSPS) is 17.4. The molecule has 1 fully saturated rings. The molecule has 0 aliphatic carbocycles. The van der Waals surface area contributed by atoms with E-state index in [1.807, 2.05) is 21.7 Å². The van der Waals surface area contributed by atoms with Crippen molar-refractivity contribution in [3.05, 3.63) is 52.5 Å². The number of aliphatic carboxylic acids is 1. The Hall–Kier alpha value is -1.92. The number of carbonyl (C=O) groups is 1. The third-order valence-electron chi connectivity index (χ3n) is 3.96. The predicted molar refractivity (Wildman–Crippen MR) is 84.9 cm³/mol. The minimum absolute atomic E-state index is 0.245. The number of halogens is 1. The number of hydrogen-bond donors (Lipinski definition) is 1. The van der Waals surface area contributed by atoms with Crippen molar-refractivity contribution in [1.82, 2.24) is 4.90 Å². The zero-order valence-electron chi connectivity index (χ0n) is 12.0. The Morgan fingerprint density at radius 3 is 2.36 bits per heavy atom. The Kier molecular flexibility index (Phi) is 4.40. The quantitative estimate of drug-likeness (QED) is 0.941. The summed E-state index contributed by atoms with van der Waals surface area (Å²) in [4.78, 5) is 15.7. The van der Waals surface area contributed by atoms with E-state index < -0.39 is 12.0 Å². The van der Waals surface area contributed by atoms with Crippen molar-refractivity contribution in [2.45, 2.75) is 6.04 Å². The Bertz CT molecular complexity index is 622. The Labute approximate surface area is 132 Å². The molecule has 1 aliphatic rings. The van der Waals surface area contributed by atoms with Crippen LogP contribution in [0.2, 0.25) is 0 Å². The van der Waals surface area contributed by atoms with Crippen molar-refractivity contribution < 1.29 is 14.3 Å². The molecule has 0 radical (unpaired) electrons. The summed E-state index contributed by atoms with van der Waals surface area (Å²) in [5.74, 6) is -1.06. The van der Waals surface area contributed by atoms with Crippen molar-refractivity contribution in [2.75, 3.05) is 31.1 Å². The van der Waals surface area contributed by atoms with Crippen molar-refractivity contribution in [3.8, 4) is 0 Å². The van der Waals surface area contributed by atoms with E-state index in [-0.39, 0.29) is 5.82 Å². The minimum atomic E-state index is -0.811. The topological polar surface area (TPSA) is 43.8 Å². The molecule has 116 valence electrons. The van der Waals surface area contributed by atoms with E-state index in [2.05, 4.69) is 4.90 Å². The molecule has 1 N–H and O–H groups in total. The lowest BCUT2D eigenvalue weighted by Gasteiger charge is -2.38. The third-order valence-corrected chi connectivity index (χ3v) is 4.67. The number of nitrogens with zero attached hydrogens (tertiary/aromatic N) is 2. The minimum Gasteiger partial charge on any atom is -0.480 e. The molecular formula is C16H17FN2O2S. The smallest absolute Gasteiger partial charge is 0.325 e. The first-order valence-corrected chi connectivity index (χ1v) is 8.09. The molecule has 1 saturated heterocycles. The van der Waals surface area contributed by atoms with Crippen LogP contribution >= 0.6 is 11.3 Å². The first-order valence-electron chi connectivity index (χ1n) is 7.14. The summed E-state index contributed by atoms with van der Waals surface area (Å²) in [5, 5.41) is 13.3. The second kappa shape index (κ2) is 6.46. The standard InChI is InChI=1S/C16H17FN2O2S/c17-13-1-3-14(4-2-13)18-6-8-19(9-7-18)15(16(20)21)12-5-10-22-11-12/h1-5,10-11,15H,6-9H2,(H,20,21). The van der Waals surface area contributed by atoms with Gasteiger partial charge in [-0.3, -0.25) is 9.69 Å². The molecule has 0 spiro atoms. The molecule has 1 aromatic carbocycles. The maximum absolute atomic E-state index is 13.0. The van der Waals surface area contributed by atoms with E-state index in [1.54, 1.807) is 12.1 Å². The predicted octanol–water partition coefficient (Wildman–Crippen LogP) is 2.84. The average molecular weight is 320 g/mol. The summed E-state index contributed by atoms with van der Waals surface area (Å²) in [5.41, 5.74) is 1.82. The van der Waals surface area contributed by atoms with Crippen LogP contribution in [0.15, 0.2) is 41.1 Å². The maximum atomic E-state index is 13.0. The largest absolute Gasteiger partial charge is 0.480 e. The molecule has 0 bridgehead atoms. The molecule has 6 heteroatoms. The summed E-state index contributed by atoms with van der Waals surface area (Å²) in [6.45, 7) is 2.81. The molecule has 2 heterocycles. The Morgan fingerprint density at radius 2 is 1.82 bits per heavy atom. The van der Waals surface area contributed by atoms with Crippen molar-refractivity contribution >= 4 is 23.0 Å². The number of carboxylic acids is 1. The Morgan fingerprint density at radius 1 is 1.14 bits per heavy atom. The summed E-state index contributed by atoms with van der Waals surface area (Å²) >= 11 is 1.51.